The van der Waals surface area contributed by atoms with Crippen molar-refractivity contribution in [2.75, 3.05) is 23.8 Å². The van der Waals surface area contributed by atoms with E-state index in [0.29, 0.717) is 60.4 Å². The molecule has 10 nitrogen and oxygen atoms in total. The number of nitrogens with one attached hydrogen (secondary N) is 2. The SMILES string of the molecule is N#Cc1ccc(Nc2nc3cnc(NC4CCOCC4)nc3n2[C@H]2CC[C@@H](C(N)=O)CC2)c(Cl)c1Cl. The highest BCUT2D eigenvalue weighted by Crippen LogP contribution is 2.39. The lowest BCUT2D eigenvalue weighted by Crippen LogP contribution is -2.29. The zero-order chi connectivity index (χ0) is 25.2. The second kappa shape index (κ2) is 10.5. The Morgan fingerprint density at radius 3 is 2.56 bits per heavy atom. The summed E-state index contributed by atoms with van der Waals surface area (Å²) in [6.07, 6.45) is 6.38. The van der Waals surface area contributed by atoms with Crippen molar-refractivity contribution in [3.63, 3.8) is 0 Å². The number of aromatic nitrogens is 4. The molecule has 0 atom stereocenters. The fourth-order valence-electron chi connectivity index (χ4n) is 4.89. The lowest BCUT2D eigenvalue weighted by molar-refractivity contribution is -0.122. The van der Waals surface area contributed by atoms with Gasteiger partial charge in [0.25, 0.3) is 0 Å². The molecule has 188 valence electrons. The Balaban J connectivity index is 1.52. The first-order valence-corrected chi connectivity index (χ1v) is 12.7. The van der Waals surface area contributed by atoms with E-state index in [1.807, 2.05) is 10.6 Å². The molecule has 5 rings (SSSR count). The molecule has 1 aliphatic heterocycles. The molecule has 2 aromatic heterocycles. The molecule has 1 aromatic carbocycles. The number of rotatable bonds is 6. The molecule has 0 radical (unpaired) electrons. The molecule has 4 N–H and O–H groups in total. The van der Waals surface area contributed by atoms with E-state index in [1.54, 1.807) is 18.3 Å². The van der Waals surface area contributed by atoms with Crippen molar-refractivity contribution in [2.45, 2.75) is 50.6 Å². The van der Waals surface area contributed by atoms with Gasteiger partial charge >= 0.3 is 0 Å². The topological polar surface area (TPSA) is 144 Å². The maximum absolute atomic E-state index is 11.7. The fourth-order valence-corrected chi connectivity index (χ4v) is 5.31. The molecular weight excluding hydrogens is 503 g/mol. The van der Waals surface area contributed by atoms with E-state index in [1.165, 1.54) is 0 Å². The smallest absolute Gasteiger partial charge is 0.224 e. The number of carbonyl (C=O) groups excluding carboxylic acids is 1. The maximum Gasteiger partial charge on any atom is 0.224 e. The zero-order valence-electron chi connectivity index (χ0n) is 19.5. The molecule has 3 heterocycles. The van der Waals surface area contributed by atoms with Gasteiger partial charge in [0.1, 0.15) is 11.6 Å². The van der Waals surface area contributed by atoms with Crippen LogP contribution in [-0.4, -0.2) is 44.7 Å². The summed E-state index contributed by atoms with van der Waals surface area (Å²) in [6, 6.07) is 5.63. The lowest BCUT2D eigenvalue weighted by Gasteiger charge is -2.29. The number of nitriles is 1. The number of carbonyl (C=O) groups is 1. The van der Waals surface area contributed by atoms with E-state index < -0.39 is 0 Å². The van der Waals surface area contributed by atoms with Gasteiger partial charge in [0, 0.05) is 31.2 Å². The third kappa shape index (κ3) is 4.91. The molecule has 36 heavy (non-hydrogen) atoms. The van der Waals surface area contributed by atoms with Crippen molar-refractivity contribution in [2.24, 2.45) is 11.7 Å². The zero-order valence-corrected chi connectivity index (χ0v) is 21.0. The Labute approximate surface area is 218 Å². The van der Waals surface area contributed by atoms with E-state index in [0.717, 1.165) is 25.7 Å². The molecule has 1 amide bonds. The number of amides is 1. The average molecular weight is 529 g/mol. The van der Waals surface area contributed by atoms with E-state index in [9.17, 15) is 10.1 Å². The standard InChI is InChI=1S/C24H26Cl2N8O2/c25-19-14(11-27)3-6-17(20(19)26)31-24-32-18-12-29-23(30-15-7-9-36-10-8-15)33-22(18)34(24)16-4-1-13(2-5-16)21(28)35/h3,6,12-13,15-16H,1-2,4-5,7-10H2,(H2,28,35)(H,31,32)(H,29,30,33)/t13-,16+. The number of halogens is 2. The number of hydrogen-bond donors (Lipinski definition) is 3. The summed E-state index contributed by atoms with van der Waals surface area (Å²) in [5.41, 5.74) is 7.68. The molecule has 0 spiro atoms. The summed E-state index contributed by atoms with van der Waals surface area (Å²) in [4.78, 5) is 25.8. The predicted molar refractivity (Wildman–Crippen MR) is 137 cm³/mol. The third-order valence-electron chi connectivity index (χ3n) is 6.90. The van der Waals surface area contributed by atoms with Crippen molar-refractivity contribution >= 4 is 57.9 Å². The Morgan fingerprint density at radius 1 is 1.11 bits per heavy atom. The van der Waals surface area contributed by atoms with E-state index in [2.05, 4.69) is 15.6 Å². The quantitative estimate of drug-likeness (QED) is 0.422. The van der Waals surface area contributed by atoms with Crippen LogP contribution in [0.1, 0.15) is 50.1 Å². The van der Waals surface area contributed by atoms with Crippen LogP contribution in [-0.2, 0) is 9.53 Å². The monoisotopic (exact) mass is 528 g/mol. The predicted octanol–water partition coefficient (Wildman–Crippen LogP) is 4.56. The van der Waals surface area contributed by atoms with Crippen LogP contribution >= 0.6 is 23.2 Å². The van der Waals surface area contributed by atoms with Crippen LogP contribution < -0.4 is 16.4 Å². The minimum atomic E-state index is -0.258. The van der Waals surface area contributed by atoms with Crippen molar-refractivity contribution < 1.29 is 9.53 Å². The highest BCUT2D eigenvalue weighted by Gasteiger charge is 2.29. The Bertz CT molecular complexity index is 1320. The van der Waals surface area contributed by atoms with Crippen LogP contribution in [0.25, 0.3) is 11.2 Å². The summed E-state index contributed by atoms with van der Waals surface area (Å²) < 4.78 is 7.50. The van der Waals surface area contributed by atoms with E-state index in [4.69, 9.17) is 43.6 Å². The second-order valence-electron chi connectivity index (χ2n) is 9.17. The van der Waals surface area contributed by atoms with Crippen LogP contribution in [0.2, 0.25) is 10.0 Å². The van der Waals surface area contributed by atoms with Crippen molar-refractivity contribution in [3.05, 3.63) is 33.9 Å². The van der Waals surface area contributed by atoms with Gasteiger partial charge in [0.15, 0.2) is 5.65 Å². The second-order valence-corrected chi connectivity index (χ2v) is 9.93. The van der Waals surface area contributed by atoms with Gasteiger partial charge in [-0.2, -0.15) is 10.2 Å². The van der Waals surface area contributed by atoms with Crippen LogP contribution in [0.15, 0.2) is 18.3 Å². The van der Waals surface area contributed by atoms with Crippen LogP contribution in [0.3, 0.4) is 0 Å². The van der Waals surface area contributed by atoms with Gasteiger partial charge in [-0.05, 0) is 50.7 Å². The highest BCUT2D eigenvalue weighted by atomic mass is 35.5. The minimum Gasteiger partial charge on any atom is -0.381 e. The Kier molecular flexibility index (Phi) is 7.14. The molecule has 12 heteroatoms. The number of ether oxygens (including phenoxy) is 1. The lowest BCUT2D eigenvalue weighted by atomic mass is 9.85. The summed E-state index contributed by atoms with van der Waals surface area (Å²) in [6.45, 7) is 1.42. The highest BCUT2D eigenvalue weighted by molar-refractivity contribution is 6.44. The molecule has 2 fully saturated rings. The number of nitrogens with two attached hydrogens (primary N) is 1. The molecule has 1 saturated heterocycles. The van der Waals surface area contributed by atoms with Crippen molar-refractivity contribution in [1.29, 1.82) is 5.26 Å². The molecule has 0 unspecified atom stereocenters. The number of anilines is 3. The van der Waals surface area contributed by atoms with Gasteiger partial charge in [-0.1, -0.05) is 23.2 Å². The molecule has 2 aliphatic rings. The number of imidazole rings is 1. The average Bonchev–Trinajstić information content (AvgIpc) is 3.24. The summed E-state index contributed by atoms with van der Waals surface area (Å²) in [7, 11) is 0. The van der Waals surface area contributed by atoms with E-state index >= 15 is 0 Å². The van der Waals surface area contributed by atoms with Gasteiger partial charge in [0.2, 0.25) is 17.8 Å². The normalized spacial score (nSPS) is 20.7. The van der Waals surface area contributed by atoms with Crippen LogP contribution in [0.4, 0.5) is 17.6 Å². The number of nitrogens with zero attached hydrogens (tertiary/aromatic N) is 5. The Hall–Kier alpha value is -3.13. The minimum absolute atomic E-state index is 0.0477. The largest absolute Gasteiger partial charge is 0.381 e. The van der Waals surface area contributed by atoms with Gasteiger partial charge < -0.3 is 21.1 Å². The van der Waals surface area contributed by atoms with Gasteiger partial charge in [0.05, 0.1) is 27.5 Å². The molecule has 0 bridgehead atoms. The summed E-state index contributed by atoms with van der Waals surface area (Å²) >= 11 is 12.8. The molecular formula is C24H26Cl2N8O2. The maximum atomic E-state index is 11.7. The first kappa shape index (κ1) is 24.6. The van der Waals surface area contributed by atoms with Gasteiger partial charge in [-0.15, -0.1) is 0 Å². The van der Waals surface area contributed by atoms with Crippen LogP contribution in [0, 0.1) is 17.2 Å². The summed E-state index contributed by atoms with van der Waals surface area (Å²) in [5.74, 6) is 0.686. The van der Waals surface area contributed by atoms with Gasteiger partial charge in [-0.25, -0.2) is 9.97 Å². The number of benzene rings is 1. The third-order valence-corrected chi connectivity index (χ3v) is 7.78. The first-order chi connectivity index (χ1) is 17.4. The van der Waals surface area contributed by atoms with E-state index in [-0.39, 0.29) is 34.0 Å². The number of hydrogen-bond acceptors (Lipinski definition) is 8. The summed E-state index contributed by atoms with van der Waals surface area (Å²) in [5, 5.41) is 16.4. The van der Waals surface area contributed by atoms with Crippen LogP contribution in [0.5, 0.6) is 0 Å². The van der Waals surface area contributed by atoms with Crippen molar-refractivity contribution in [1.82, 2.24) is 19.5 Å². The van der Waals surface area contributed by atoms with Gasteiger partial charge in [-0.3, -0.25) is 9.36 Å². The fraction of sp³-hybridized carbons (Fsp3) is 0.458. The molecule has 1 aliphatic carbocycles. The number of fused-ring (bicyclic) bond motifs is 1. The van der Waals surface area contributed by atoms with Crippen molar-refractivity contribution in [3.8, 4) is 6.07 Å². The molecule has 1 saturated carbocycles. The first-order valence-electron chi connectivity index (χ1n) is 12.0. The number of primary amides is 1. The molecule has 3 aromatic rings. The Morgan fingerprint density at radius 2 is 1.86 bits per heavy atom.